The lowest BCUT2D eigenvalue weighted by atomic mass is 10.1. The van der Waals surface area contributed by atoms with E-state index in [0.29, 0.717) is 25.4 Å². The lowest BCUT2D eigenvalue weighted by Gasteiger charge is -2.10. The predicted molar refractivity (Wildman–Crippen MR) is 64.9 cm³/mol. The van der Waals surface area contributed by atoms with Gasteiger partial charge in [-0.25, -0.2) is 0 Å². The second-order valence-corrected chi connectivity index (χ2v) is 4.19. The molecular weight excluding hydrogens is 252 g/mol. The molecule has 0 saturated heterocycles. The van der Waals surface area contributed by atoms with Gasteiger partial charge in [0.1, 0.15) is 0 Å². The second kappa shape index (κ2) is 5.60. The minimum atomic E-state index is -1.04. The molecule has 102 valence electrons. The number of benzene rings is 1. The number of hydrogen-bond donors (Lipinski definition) is 2. The molecule has 1 heterocycles. The summed E-state index contributed by atoms with van der Waals surface area (Å²) < 4.78 is 10.7. The Balaban J connectivity index is 2.23. The average Bonchev–Trinajstić information content (AvgIpc) is 2.61. The van der Waals surface area contributed by atoms with Crippen molar-refractivity contribution in [3.8, 4) is 17.2 Å². The third-order valence-electron chi connectivity index (χ3n) is 2.72. The van der Waals surface area contributed by atoms with Crippen molar-refractivity contribution in [2.24, 2.45) is 0 Å². The summed E-state index contributed by atoms with van der Waals surface area (Å²) >= 11 is 0. The molecule has 6 heteroatoms. The first-order chi connectivity index (χ1) is 9.08. The van der Waals surface area contributed by atoms with Gasteiger partial charge in [-0.1, -0.05) is 0 Å². The van der Waals surface area contributed by atoms with Gasteiger partial charge in [0, 0.05) is 18.4 Å². The molecule has 0 unspecified atom stereocenters. The molecule has 0 radical (unpaired) electrons. The molecule has 1 aromatic rings. The fourth-order valence-corrected chi connectivity index (χ4v) is 1.78. The van der Waals surface area contributed by atoms with Crippen LogP contribution in [-0.4, -0.2) is 35.2 Å². The molecule has 0 fully saturated rings. The van der Waals surface area contributed by atoms with Gasteiger partial charge in [0.2, 0.25) is 5.75 Å². The summed E-state index contributed by atoms with van der Waals surface area (Å²) in [5, 5.41) is 18.4. The van der Waals surface area contributed by atoms with Crippen LogP contribution in [0.3, 0.4) is 0 Å². The maximum Gasteiger partial charge on any atom is 0.303 e. The van der Waals surface area contributed by atoms with Gasteiger partial charge in [-0.2, -0.15) is 0 Å². The lowest BCUT2D eigenvalue weighted by Crippen LogP contribution is -2.04. The summed E-state index contributed by atoms with van der Waals surface area (Å²) in [4.78, 5) is 22.2. The largest absolute Gasteiger partial charge is 0.504 e. The van der Waals surface area contributed by atoms with Gasteiger partial charge >= 0.3 is 5.97 Å². The summed E-state index contributed by atoms with van der Waals surface area (Å²) in [5.41, 5.74) is 0.225. The molecule has 0 aliphatic carbocycles. The highest BCUT2D eigenvalue weighted by atomic mass is 16.5. The first-order valence-corrected chi connectivity index (χ1v) is 5.95. The van der Waals surface area contributed by atoms with Crippen molar-refractivity contribution >= 4 is 11.8 Å². The zero-order valence-corrected chi connectivity index (χ0v) is 10.2. The maximum absolute atomic E-state index is 11.8. The lowest BCUT2D eigenvalue weighted by molar-refractivity contribution is -0.136. The number of carboxylic acids is 1. The van der Waals surface area contributed by atoms with Gasteiger partial charge in [-0.05, 0) is 12.1 Å². The number of fused-ring (bicyclic) bond motifs is 1. The number of ether oxygens (including phenoxy) is 2. The minimum Gasteiger partial charge on any atom is -0.504 e. The van der Waals surface area contributed by atoms with E-state index in [1.807, 2.05) is 0 Å². The Labute approximate surface area is 109 Å². The fourth-order valence-electron chi connectivity index (χ4n) is 1.78. The van der Waals surface area contributed by atoms with Crippen LogP contribution >= 0.6 is 0 Å². The topological polar surface area (TPSA) is 93.1 Å². The normalized spacial score (nSPS) is 13.7. The molecule has 0 bridgehead atoms. The van der Waals surface area contributed by atoms with Gasteiger partial charge in [-0.3, -0.25) is 9.59 Å². The predicted octanol–water partition coefficient (Wildman–Crippen LogP) is 1.60. The number of aromatic hydroxyl groups is 1. The zero-order valence-electron chi connectivity index (χ0n) is 10.2. The molecule has 1 aliphatic heterocycles. The van der Waals surface area contributed by atoms with Crippen molar-refractivity contribution in [1.29, 1.82) is 0 Å². The molecule has 0 amide bonds. The van der Waals surface area contributed by atoms with Crippen LogP contribution in [-0.2, 0) is 4.79 Å². The quantitative estimate of drug-likeness (QED) is 0.804. The monoisotopic (exact) mass is 266 g/mol. The van der Waals surface area contributed by atoms with Crippen molar-refractivity contribution in [2.45, 2.75) is 19.3 Å². The summed E-state index contributed by atoms with van der Waals surface area (Å²) in [6, 6.07) is 2.75. The third-order valence-corrected chi connectivity index (χ3v) is 2.72. The molecule has 0 aromatic heterocycles. The molecule has 2 N–H and O–H groups in total. The standard InChI is InChI=1S/C13H14O6/c14-9(2-3-12(16)17)8-6-10(15)13-11(7-8)18-4-1-5-19-13/h6-7,15H,1-5H2,(H,16,17). The molecule has 0 spiro atoms. The Morgan fingerprint density at radius 3 is 2.63 bits per heavy atom. The summed E-state index contributed by atoms with van der Waals surface area (Å²) in [5.74, 6) is -1.01. The van der Waals surface area contributed by atoms with Gasteiger partial charge in [0.05, 0.1) is 19.6 Å². The summed E-state index contributed by atoms with van der Waals surface area (Å²) in [6.45, 7) is 0.881. The van der Waals surface area contributed by atoms with Gasteiger partial charge in [-0.15, -0.1) is 0 Å². The van der Waals surface area contributed by atoms with Crippen LogP contribution in [0.1, 0.15) is 29.6 Å². The molecule has 1 aliphatic rings. The highest BCUT2D eigenvalue weighted by Gasteiger charge is 2.19. The summed E-state index contributed by atoms with van der Waals surface area (Å²) in [7, 11) is 0. The van der Waals surface area contributed by atoms with Gasteiger partial charge < -0.3 is 19.7 Å². The van der Waals surface area contributed by atoms with Crippen molar-refractivity contribution < 1.29 is 29.3 Å². The van der Waals surface area contributed by atoms with Crippen LogP contribution in [0.15, 0.2) is 12.1 Å². The number of carboxylic acid groups (broad SMARTS) is 1. The number of hydrogen-bond acceptors (Lipinski definition) is 5. The number of carbonyl (C=O) groups is 2. The Kier molecular flexibility index (Phi) is 3.89. The highest BCUT2D eigenvalue weighted by Crippen LogP contribution is 2.39. The van der Waals surface area contributed by atoms with E-state index in [9.17, 15) is 14.7 Å². The Bertz CT molecular complexity index is 508. The van der Waals surface area contributed by atoms with E-state index in [1.54, 1.807) is 0 Å². The first-order valence-electron chi connectivity index (χ1n) is 5.95. The van der Waals surface area contributed by atoms with Crippen molar-refractivity contribution in [2.75, 3.05) is 13.2 Å². The summed E-state index contributed by atoms with van der Waals surface area (Å²) in [6.07, 6.45) is 0.332. The van der Waals surface area contributed by atoms with Crippen molar-refractivity contribution in [1.82, 2.24) is 0 Å². The fraction of sp³-hybridized carbons (Fsp3) is 0.385. The molecular formula is C13H14O6. The number of Topliss-reactive ketones (excluding diaryl/α,β-unsaturated/α-hetero) is 1. The zero-order chi connectivity index (χ0) is 13.8. The number of phenolic OH excluding ortho intramolecular Hbond substituents is 1. The SMILES string of the molecule is O=C(O)CCC(=O)c1cc(O)c2c(c1)OCCCO2. The molecule has 19 heavy (non-hydrogen) atoms. The number of carbonyl (C=O) groups excluding carboxylic acids is 1. The average molecular weight is 266 g/mol. The van der Waals surface area contributed by atoms with Crippen molar-refractivity contribution in [3.05, 3.63) is 17.7 Å². The molecule has 6 nitrogen and oxygen atoms in total. The van der Waals surface area contributed by atoms with Crippen LogP contribution in [0.2, 0.25) is 0 Å². The van der Waals surface area contributed by atoms with E-state index in [-0.39, 0.29) is 35.7 Å². The van der Waals surface area contributed by atoms with Crippen molar-refractivity contribution in [3.63, 3.8) is 0 Å². The maximum atomic E-state index is 11.8. The van der Waals surface area contributed by atoms with E-state index in [1.165, 1.54) is 12.1 Å². The van der Waals surface area contributed by atoms with Crippen LogP contribution < -0.4 is 9.47 Å². The number of ketones is 1. The van der Waals surface area contributed by atoms with Crippen LogP contribution in [0, 0.1) is 0 Å². The van der Waals surface area contributed by atoms with Gasteiger partial charge in [0.15, 0.2) is 17.3 Å². The molecule has 0 atom stereocenters. The second-order valence-electron chi connectivity index (χ2n) is 4.19. The first kappa shape index (κ1) is 13.2. The van der Waals surface area contributed by atoms with Crippen LogP contribution in [0.4, 0.5) is 0 Å². The number of phenols is 1. The molecule has 2 rings (SSSR count). The van der Waals surface area contributed by atoms with E-state index in [0.717, 1.165) is 0 Å². The molecule has 1 aromatic carbocycles. The van der Waals surface area contributed by atoms with Crippen LogP contribution in [0.5, 0.6) is 17.2 Å². The van der Waals surface area contributed by atoms with E-state index >= 15 is 0 Å². The number of aliphatic carboxylic acids is 1. The van der Waals surface area contributed by atoms with E-state index < -0.39 is 5.97 Å². The minimum absolute atomic E-state index is 0.117. The Hall–Kier alpha value is -2.24. The Morgan fingerprint density at radius 2 is 1.89 bits per heavy atom. The Morgan fingerprint density at radius 1 is 1.16 bits per heavy atom. The highest BCUT2D eigenvalue weighted by molar-refractivity contribution is 5.98. The van der Waals surface area contributed by atoms with Gasteiger partial charge in [0.25, 0.3) is 0 Å². The van der Waals surface area contributed by atoms with Crippen LogP contribution in [0.25, 0.3) is 0 Å². The smallest absolute Gasteiger partial charge is 0.303 e. The van der Waals surface area contributed by atoms with E-state index in [2.05, 4.69) is 0 Å². The molecule has 0 saturated carbocycles. The van der Waals surface area contributed by atoms with E-state index in [4.69, 9.17) is 14.6 Å². The third kappa shape index (κ3) is 3.15. The number of rotatable bonds is 4.